The number of carbonyl (C=O) groups is 1. The summed E-state index contributed by atoms with van der Waals surface area (Å²) in [6.45, 7) is 8.03. The van der Waals surface area contributed by atoms with Gasteiger partial charge in [-0.2, -0.15) is 5.10 Å². The molecular formula is C15H26N4O. The third-order valence-corrected chi connectivity index (χ3v) is 4.26. The van der Waals surface area contributed by atoms with E-state index in [1.54, 1.807) is 0 Å². The van der Waals surface area contributed by atoms with Crippen LogP contribution in [0.15, 0.2) is 0 Å². The van der Waals surface area contributed by atoms with E-state index in [4.69, 9.17) is 0 Å². The van der Waals surface area contributed by atoms with Crippen molar-refractivity contribution in [3.63, 3.8) is 0 Å². The minimum Gasteiger partial charge on any atom is -0.352 e. The van der Waals surface area contributed by atoms with Crippen LogP contribution >= 0.6 is 0 Å². The Hall–Kier alpha value is -1.36. The zero-order valence-electron chi connectivity index (χ0n) is 13.0. The number of aryl methyl sites for hydroxylation is 2. The third-order valence-electron chi connectivity index (χ3n) is 4.26. The summed E-state index contributed by atoms with van der Waals surface area (Å²) in [6, 6.07) is 0.287. The highest BCUT2D eigenvalue weighted by atomic mass is 16.1. The summed E-state index contributed by atoms with van der Waals surface area (Å²) in [5.74, 6) is 0.139. The first kappa shape index (κ1) is 15.0. The van der Waals surface area contributed by atoms with Crippen LogP contribution in [0.2, 0.25) is 0 Å². The number of carbonyl (C=O) groups excluding carboxylic acids is 1. The molecule has 0 spiro atoms. The Morgan fingerprint density at radius 2 is 2.30 bits per heavy atom. The van der Waals surface area contributed by atoms with Gasteiger partial charge >= 0.3 is 0 Å². The van der Waals surface area contributed by atoms with E-state index in [9.17, 15) is 4.79 Å². The largest absolute Gasteiger partial charge is 0.352 e. The number of nitrogens with zero attached hydrogens (tertiary/aromatic N) is 2. The lowest BCUT2D eigenvalue weighted by Gasteiger charge is -2.25. The zero-order chi connectivity index (χ0) is 14.7. The summed E-state index contributed by atoms with van der Waals surface area (Å²) in [5.41, 5.74) is 3.39. The summed E-state index contributed by atoms with van der Waals surface area (Å²) >= 11 is 0. The quantitative estimate of drug-likeness (QED) is 0.866. The second kappa shape index (κ2) is 6.39. The average molecular weight is 278 g/mol. The average Bonchev–Trinajstić information content (AvgIpc) is 2.66. The van der Waals surface area contributed by atoms with Gasteiger partial charge in [-0.05, 0) is 45.2 Å². The molecule has 0 bridgehead atoms. The Bertz CT molecular complexity index is 474. The molecular weight excluding hydrogens is 252 g/mol. The standard InChI is InChI=1S/C15H26N4O/c1-10(8-14-11(2)18-19(4)12(14)3)15(20)17-13-6-5-7-16-9-13/h10,13,16H,5-9H2,1-4H3,(H,17,20)/t10?,13-/m0/s1. The van der Waals surface area contributed by atoms with Crippen molar-refractivity contribution < 1.29 is 4.79 Å². The second-order valence-corrected chi connectivity index (χ2v) is 5.93. The fourth-order valence-corrected chi connectivity index (χ4v) is 2.83. The number of aromatic nitrogens is 2. The van der Waals surface area contributed by atoms with Gasteiger partial charge in [0, 0.05) is 31.2 Å². The molecule has 1 unspecified atom stereocenters. The highest BCUT2D eigenvalue weighted by Gasteiger charge is 2.21. The molecule has 2 heterocycles. The van der Waals surface area contributed by atoms with Gasteiger partial charge in [-0.25, -0.2) is 0 Å². The number of nitrogens with one attached hydrogen (secondary N) is 2. The lowest BCUT2D eigenvalue weighted by Crippen LogP contribution is -2.47. The Kier molecular flexibility index (Phi) is 4.81. The van der Waals surface area contributed by atoms with E-state index < -0.39 is 0 Å². The molecule has 0 aromatic carbocycles. The summed E-state index contributed by atoms with van der Waals surface area (Å²) < 4.78 is 1.89. The molecule has 0 radical (unpaired) electrons. The van der Waals surface area contributed by atoms with Gasteiger partial charge in [0.25, 0.3) is 0 Å². The maximum absolute atomic E-state index is 12.3. The van der Waals surface area contributed by atoms with Crippen molar-refractivity contribution in [3.05, 3.63) is 17.0 Å². The van der Waals surface area contributed by atoms with Crippen LogP contribution in [-0.2, 0) is 18.3 Å². The molecule has 2 rings (SSSR count). The Morgan fingerprint density at radius 1 is 1.55 bits per heavy atom. The smallest absolute Gasteiger partial charge is 0.223 e. The minimum atomic E-state index is -0.0153. The van der Waals surface area contributed by atoms with Crippen LogP contribution < -0.4 is 10.6 Å². The monoisotopic (exact) mass is 278 g/mol. The number of amides is 1. The van der Waals surface area contributed by atoms with Gasteiger partial charge in [0.15, 0.2) is 0 Å². The highest BCUT2D eigenvalue weighted by molar-refractivity contribution is 5.79. The molecule has 2 N–H and O–H groups in total. The van der Waals surface area contributed by atoms with Crippen molar-refractivity contribution in [2.24, 2.45) is 13.0 Å². The topological polar surface area (TPSA) is 59.0 Å². The highest BCUT2D eigenvalue weighted by Crippen LogP contribution is 2.17. The zero-order valence-corrected chi connectivity index (χ0v) is 13.0. The van der Waals surface area contributed by atoms with Gasteiger partial charge < -0.3 is 10.6 Å². The van der Waals surface area contributed by atoms with Gasteiger partial charge in [-0.1, -0.05) is 6.92 Å². The maximum Gasteiger partial charge on any atom is 0.223 e. The summed E-state index contributed by atoms with van der Waals surface area (Å²) in [5, 5.41) is 10.9. The second-order valence-electron chi connectivity index (χ2n) is 5.93. The first-order valence-electron chi connectivity index (χ1n) is 7.49. The van der Waals surface area contributed by atoms with E-state index >= 15 is 0 Å². The molecule has 1 amide bonds. The Morgan fingerprint density at radius 3 is 2.85 bits per heavy atom. The van der Waals surface area contributed by atoms with Gasteiger partial charge in [0.1, 0.15) is 0 Å². The van der Waals surface area contributed by atoms with E-state index in [1.807, 2.05) is 25.6 Å². The van der Waals surface area contributed by atoms with Crippen LogP contribution in [0.5, 0.6) is 0 Å². The lowest BCUT2D eigenvalue weighted by atomic mass is 9.98. The molecule has 0 saturated carbocycles. The van der Waals surface area contributed by atoms with E-state index in [-0.39, 0.29) is 17.9 Å². The van der Waals surface area contributed by atoms with Crippen LogP contribution in [0.25, 0.3) is 0 Å². The molecule has 5 heteroatoms. The van der Waals surface area contributed by atoms with E-state index in [0.29, 0.717) is 0 Å². The molecule has 0 aliphatic carbocycles. The summed E-state index contributed by atoms with van der Waals surface area (Å²) in [4.78, 5) is 12.3. The van der Waals surface area contributed by atoms with Gasteiger partial charge in [0.2, 0.25) is 5.91 Å². The maximum atomic E-state index is 12.3. The van der Waals surface area contributed by atoms with Crippen LogP contribution in [-0.4, -0.2) is 34.8 Å². The van der Waals surface area contributed by atoms with E-state index in [0.717, 1.165) is 43.7 Å². The fourth-order valence-electron chi connectivity index (χ4n) is 2.83. The first-order chi connectivity index (χ1) is 9.49. The SMILES string of the molecule is Cc1nn(C)c(C)c1CC(C)C(=O)N[C@H]1CCCNC1. The fraction of sp³-hybridized carbons (Fsp3) is 0.733. The van der Waals surface area contributed by atoms with Gasteiger partial charge in [-0.15, -0.1) is 0 Å². The van der Waals surface area contributed by atoms with Crippen LogP contribution in [0.4, 0.5) is 0 Å². The molecule has 1 fully saturated rings. The minimum absolute atomic E-state index is 0.0153. The number of rotatable bonds is 4. The molecule has 5 nitrogen and oxygen atoms in total. The molecule has 1 saturated heterocycles. The van der Waals surface area contributed by atoms with Crippen molar-refractivity contribution >= 4 is 5.91 Å². The predicted octanol–water partition coefficient (Wildman–Crippen LogP) is 1.08. The third kappa shape index (κ3) is 3.39. The Balaban J connectivity index is 1.93. The van der Waals surface area contributed by atoms with Crippen LogP contribution in [0, 0.1) is 19.8 Å². The first-order valence-corrected chi connectivity index (χ1v) is 7.49. The molecule has 1 aliphatic rings. The normalized spacial score (nSPS) is 20.7. The van der Waals surface area contributed by atoms with Crippen molar-refractivity contribution in [1.82, 2.24) is 20.4 Å². The van der Waals surface area contributed by atoms with Crippen LogP contribution in [0.3, 0.4) is 0 Å². The number of hydrogen-bond acceptors (Lipinski definition) is 3. The molecule has 2 atom stereocenters. The van der Waals surface area contributed by atoms with E-state index in [1.165, 1.54) is 5.56 Å². The molecule has 1 aliphatic heterocycles. The van der Waals surface area contributed by atoms with Crippen LogP contribution in [0.1, 0.15) is 36.7 Å². The van der Waals surface area contributed by atoms with Crippen molar-refractivity contribution in [2.75, 3.05) is 13.1 Å². The lowest BCUT2D eigenvalue weighted by molar-refractivity contribution is -0.125. The molecule has 1 aromatic heterocycles. The molecule has 20 heavy (non-hydrogen) atoms. The van der Waals surface area contributed by atoms with Gasteiger partial charge in [0.05, 0.1) is 5.69 Å². The molecule has 112 valence electrons. The van der Waals surface area contributed by atoms with Crippen molar-refractivity contribution in [1.29, 1.82) is 0 Å². The van der Waals surface area contributed by atoms with Crippen molar-refractivity contribution in [2.45, 2.75) is 46.1 Å². The van der Waals surface area contributed by atoms with E-state index in [2.05, 4.69) is 22.7 Å². The summed E-state index contributed by atoms with van der Waals surface area (Å²) in [6.07, 6.45) is 2.98. The molecule has 1 aromatic rings. The predicted molar refractivity (Wildman–Crippen MR) is 79.6 cm³/mol. The number of hydrogen-bond donors (Lipinski definition) is 2. The van der Waals surface area contributed by atoms with Gasteiger partial charge in [-0.3, -0.25) is 9.48 Å². The summed E-state index contributed by atoms with van der Waals surface area (Å²) in [7, 11) is 1.95. The number of piperidine rings is 1. The van der Waals surface area contributed by atoms with Crippen molar-refractivity contribution in [3.8, 4) is 0 Å². The Labute approximate surface area is 121 Å².